The van der Waals surface area contributed by atoms with Crippen molar-refractivity contribution in [2.24, 2.45) is 0 Å². The van der Waals surface area contributed by atoms with E-state index in [2.05, 4.69) is 65.3 Å². The van der Waals surface area contributed by atoms with Crippen molar-refractivity contribution in [3.8, 4) is 5.82 Å². The molecule has 0 saturated carbocycles. The molecule has 0 radical (unpaired) electrons. The number of H-pyrrole nitrogens is 1. The highest BCUT2D eigenvalue weighted by atomic mass is 32.1. The topological polar surface area (TPSA) is 197 Å². The van der Waals surface area contributed by atoms with Gasteiger partial charge in [-0.3, -0.25) is 29.1 Å². The number of benzene rings is 1. The van der Waals surface area contributed by atoms with Crippen LogP contribution >= 0.6 is 11.3 Å². The molecule has 3 atom stereocenters. The van der Waals surface area contributed by atoms with Gasteiger partial charge in [0, 0.05) is 56.7 Å². The van der Waals surface area contributed by atoms with Crippen molar-refractivity contribution in [2.75, 3.05) is 62.8 Å². The van der Waals surface area contributed by atoms with Crippen molar-refractivity contribution in [3.05, 3.63) is 106 Å². The quantitative estimate of drug-likeness (QED) is 0.190. The third kappa shape index (κ3) is 8.17. The van der Waals surface area contributed by atoms with E-state index in [0.717, 1.165) is 102 Å². The number of thiazole rings is 1. The van der Waals surface area contributed by atoms with Gasteiger partial charge in [-0.1, -0.05) is 12.1 Å². The Hall–Kier alpha value is -6.38. The summed E-state index contributed by atoms with van der Waals surface area (Å²) in [6, 6.07) is 15.8. The third-order valence-corrected chi connectivity index (χ3v) is 14.7. The maximum atomic E-state index is 13.7. The van der Waals surface area contributed by atoms with Crippen LogP contribution in [0.25, 0.3) is 42.9 Å². The van der Waals surface area contributed by atoms with Gasteiger partial charge in [-0.05, 0) is 82.6 Å². The highest BCUT2D eigenvalue weighted by Gasteiger charge is 2.46. The number of aromatic amines is 1. The molecule has 0 spiro atoms. The van der Waals surface area contributed by atoms with E-state index in [9.17, 15) is 14.7 Å². The fourth-order valence-electron chi connectivity index (χ4n) is 10.1. The lowest BCUT2D eigenvalue weighted by Gasteiger charge is -2.39. The molecule has 18 nitrogen and oxygen atoms in total. The summed E-state index contributed by atoms with van der Waals surface area (Å²) in [4.78, 5) is 53.1. The second kappa shape index (κ2) is 17.7. The van der Waals surface area contributed by atoms with Crippen LogP contribution in [-0.2, 0) is 21.6 Å². The number of aromatic nitrogens is 9. The number of likely N-dealkylation sites (N-methyl/N-ethyl adjacent to an activating group) is 1. The number of ether oxygens (including phenoxy) is 2. The van der Waals surface area contributed by atoms with Crippen molar-refractivity contribution in [3.63, 3.8) is 0 Å². The number of nitrogens with zero attached hydrogens (tertiary/aromatic N) is 11. The molecule has 4 aliphatic heterocycles. The number of amides is 1. The van der Waals surface area contributed by atoms with Gasteiger partial charge < -0.3 is 34.6 Å². The minimum Gasteiger partial charge on any atom is -0.385 e. The molecule has 4 aliphatic rings. The van der Waals surface area contributed by atoms with Crippen molar-refractivity contribution in [1.82, 2.24) is 54.5 Å². The van der Waals surface area contributed by atoms with E-state index in [1.165, 1.54) is 11.3 Å². The number of rotatable bonds is 7. The molecule has 4 saturated heterocycles. The average molecular weight is 924 g/mol. The van der Waals surface area contributed by atoms with Crippen molar-refractivity contribution >= 4 is 66.0 Å². The molecular formula is C48H53N13O5S. The first-order chi connectivity index (χ1) is 32.6. The number of morpholine rings is 1. The Kier molecular flexibility index (Phi) is 11.4. The molecule has 67 heavy (non-hydrogen) atoms. The fraction of sp³-hybridized carbons (Fsp3) is 0.417. The number of para-hydroxylation sites is 1. The van der Waals surface area contributed by atoms with Crippen LogP contribution in [0.4, 0.5) is 11.6 Å². The minimum atomic E-state index is -0.947. The minimum absolute atomic E-state index is 0.116. The zero-order chi connectivity index (χ0) is 45.8. The van der Waals surface area contributed by atoms with Gasteiger partial charge in [0.25, 0.3) is 5.91 Å². The molecule has 346 valence electrons. The predicted molar refractivity (Wildman–Crippen MR) is 256 cm³/mol. The summed E-state index contributed by atoms with van der Waals surface area (Å²) in [5.41, 5.74) is 3.40. The number of hydrogen-bond donors (Lipinski definition) is 3. The van der Waals surface area contributed by atoms with Crippen LogP contribution in [0.5, 0.6) is 0 Å². The molecule has 1 aromatic carbocycles. The first-order valence-electron chi connectivity index (χ1n) is 23.1. The number of carbonyl (C=O) groups excluding carboxylic acids is 1. The van der Waals surface area contributed by atoms with E-state index >= 15 is 0 Å². The lowest BCUT2D eigenvalue weighted by molar-refractivity contribution is -0.114. The summed E-state index contributed by atoms with van der Waals surface area (Å²) in [6.45, 7) is 10.1. The lowest BCUT2D eigenvalue weighted by atomic mass is 9.82. The SMILES string of the molecule is CC1COCCN1c1cc(C2(O)CC3CCC(C2)O3)c2cnn(-c3ccn[nH]3)c2n1.Cc1cnc(CNC(=O)c2c(=O)c3ccc(N4CCCN(C)CC4)nc3n3c2sc2ccccc23)cn1. The van der Waals surface area contributed by atoms with Gasteiger partial charge in [0.05, 0.1) is 89.2 Å². The largest absolute Gasteiger partial charge is 0.385 e. The number of pyridine rings is 3. The Bertz CT molecular complexity index is 3160. The van der Waals surface area contributed by atoms with E-state index in [1.807, 2.05) is 53.8 Å². The number of carbonyl (C=O) groups is 1. The molecule has 7 aromatic heterocycles. The Morgan fingerprint density at radius 1 is 0.955 bits per heavy atom. The average Bonchev–Trinajstić information content (AvgIpc) is 4.14. The van der Waals surface area contributed by atoms with Gasteiger partial charge in [0.2, 0.25) is 5.43 Å². The zero-order valence-electron chi connectivity index (χ0n) is 37.8. The van der Waals surface area contributed by atoms with Gasteiger partial charge in [0.1, 0.15) is 22.0 Å². The van der Waals surface area contributed by atoms with Crippen molar-refractivity contribution in [2.45, 2.75) is 76.3 Å². The van der Waals surface area contributed by atoms with Crippen LogP contribution in [0.15, 0.2) is 78.1 Å². The van der Waals surface area contributed by atoms with Gasteiger partial charge >= 0.3 is 0 Å². The summed E-state index contributed by atoms with van der Waals surface area (Å²) in [5.74, 6) is 2.01. The van der Waals surface area contributed by atoms with Gasteiger partial charge in [-0.15, -0.1) is 11.3 Å². The number of aliphatic hydroxyl groups is 1. The van der Waals surface area contributed by atoms with E-state index in [1.54, 1.807) is 29.5 Å². The fourth-order valence-corrected chi connectivity index (χ4v) is 11.2. The Morgan fingerprint density at radius 2 is 1.79 bits per heavy atom. The standard InChI is InChI=1S/C27H27N7O2S.C21H26N6O3/c1-17-14-29-18(15-28-17)16-30-26(36)23-24(35)19-8-9-22(33-11-5-10-32(2)12-13-33)31-25(19)34-20-6-3-4-7-21(20)37-27(23)34;1-13-12-29-7-6-26(13)19-8-17(21(28)9-14-2-3-15(10-21)30-14)16-11-23-27(20(16)24-19)18-4-5-22-25-18/h3-4,6-9,14-15H,5,10-13,16H2,1-2H3,(H,30,36);4-5,8,11,13-15,28H,2-3,6-7,9-10,12H2,1H3,(H,22,25). The van der Waals surface area contributed by atoms with Gasteiger partial charge in [0.15, 0.2) is 17.1 Å². The molecule has 3 unspecified atom stereocenters. The normalized spacial score (nSPS) is 22.4. The Balaban J connectivity index is 0.000000151. The maximum absolute atomic E-state index is 13.7. The second-order valence-electron chi connectivity index (χ2n) is 18.2. The maximum Gasteiger partial charge on any atom is 0.258 e. The first kappa shape index (κ1) is 43.2. The molecule has 8 aromatic rings. The van der Waals surface area contributed by atoms with Crippen LogP contribution in [0, 0.1) is 6.92 Å². The number of anilines is 2. The van der Waals surface area contributed by atoms with E-state index in [-0.39, 0.29) is 35.8 Å². The number of aryl methyl sites for hydroxylation is 1. The molecular weight excluding hydrogens is 871 g/mol. The monoisotopic (exact) mass is 923 g/mol. The molecule has 12 rings (SSSR count). The molecule has 2 bridgehead atoms. The van der Waals surface area contributed by atoms with E-state index in [4.69, 9.17) is 19.4 Å². The van der Waals surface area contributed by atoms with Crippen LogP contribution in [0.2, 0.25) is 0 Å². The van der Waals surface area contributed by atoms with E-state index in [0.29, 0.717) is 47.6 Å². The molecule has 19 heteroatoms. The Morgan fingerprint density at radius 3 is 2.58 bits per heavy atom. The van der Waals surface area contributed by atoms with Crippen LogP contribution in [0.1, 0.15) is 66.3 Å². The second-order valence-corrected chi connectivity index (χ2v) is 19.2. The summed E-state index contributed by atoms with van der Waals surface area (Å²) in [7, 11) is 2.13. The Labute approximate surface area is 389 Å². The van der Waals surface area contributed by atoms with E-state index < -0.39 is 11.5 Å². The first-order valence-corrected chi connectivity index (χ1v) is 23.9. The van der Waals surface area contributed by atoms with Crippen LogP contribution < -0.4 is 20.5 Å². The molecule has 1 amide bonds. The predicted octanol–water partition coefficient (Wildman–Crippen LogP) is 5.13. The summed E-state index contributed by atoms with van der Waals surface area (Å²) < 4.78 is 16.4. The number of nitrogens with one attached hydrogen (secondary N) is 2. The number of hydrogen-bond acceptors (Lipinski definition) is 15. The summed E-state index contributed by atoms with van der Waals surface area (Å²) in [6.07, 6.45) is 11.3. The summed E-state index contributed by atoms with van der Waals surface area (Å²) >= 11 is 1.43. The van der Waals surface area contributed by atoms with Gasteiger partial charge in [-0.25, -0.2) is 9.97 Å². The smallest absolute Gasteiger partial charge is 0.258 e. The molecule has 0 aliphatic carbocycles. The highest BCUT2D eigenvalue weighted by molar-refractivity contribution is 7.24. The molecule has 3 N–H and O–H groups in total. The third-order valence-electron chi connectivity index (χ3n) is 13.5. The van der Waals surface area contributed by atoms with Crippen LogP contribution in [-0.4, -0.2) is 131 Å². The van der Waals surface area contributed by atoms with Crippen LogP contribution in [0.3, 0.4) is 0 Å². The highest BCUT2D eigenvalue weighted by Crippen LogP contribution is 2.46. The lowest BCUT2D eigenvalue weighted by Crippen LogP contribution is -2.44. The molecule has 4 fully saturated rings. The summed E-state index contributed by atoms with van der Waals surface area (Å²) in [5, 5.41) is 27.6. The molecule has 11 heterocycles. The van der Waals surface area contributed by atoms with Crippen molar-refractivity contribution < 1.29 is 19.4 Å². The zero-order valence-corrected chi connectivity index (χ0v) is 38.6. The van der Waals surface area contributed by atoms with Gasteiger partial charge in [-0.2, -0.15) is 14.9 Å². The number of fused-ring (bicyclic) bond motifs is 8. The van der Waals surface area contributed by atoms with Crippen molar-refractivity contribution in [1.29, 1.82) is 0 Å².